The Labute approximate surface area is 169 Å². The van der Waals surface area contributed by atoms with Gasteiger partial charge in [-0.15, -0.1) is 0 Å². The van der Waals surface area contributed by atoms with Crippen LogP contribution in [0.15, 0.2) is 48.5 Å². The van der Waals surface area contributed by atoms with Crippen LogP contribution in [0.25, 0.3) is 0 Å². The van der Waals surface area contributed by atoms with Crippen molar-refractivity contribution in [2.24, 2.45) is 5.41 Å². The van der Waals surface area contributed by atoms with Crippen molar-refractivity contribution < 1.29 is 19.5 Å². The lowest BCUT2D eigenvalue weighted by molar-refractivity contribution is -0.157. The van der Waals surface area contributed by atoms with E-state index in [0.29, 0.717) is 31.5 Å². The minimum absolute atomic E-state index is 0.00304. The van der Waals surface area contributed by atoms with Crippen molar-refractivity contribution in [3.8, 4) is 0 Å². The molecule has 2 amide bonds. The first-order valence-electron chi connectivity index (χ1n) is 9.97. The lowest BCUT2D eigenvalue weighted by atomic mass is 9.66. The van der Waals surface area contributed by atoms with Crippen LogP contribution in [0.5, 0.6) is 0 Å². The molecule has 2 aromatic rings. The highest BCUT2D eigenvalue weighted by Crippen LogP contribution is 2.44. The second-order valence-electron chi connectivity index (χ2n) is 7.96. The smallest absolute Gasteiger partial charge is 0.310 e. The number of hydrogen-bond acceptors (Lipinski definition) is 3. The fourth-order valence-electron chi connectivity index (χ4n) is 4.16. The number of carbonyl (C=O) groups excluding carboxylic acids is 2. The van der Waals surface area contributed by atoms with E-state index in [1.807, 2.05) is 35.2 Å². The number of hydrogen-bond donors (Lipinski definition) is 2. The molecule has 1 saturated carbocycles. The second kappa shape index (κ2) is 7.70. The maximum atomic E-state index is 12.7. The monoisotopic (exact) mass is 392 g/mol. The van der Waals surface area contributed by atoms with E-state index in [-0.39, 0.29) is 18.2 Å². The SMILES string of the molecule is O=C(CC1(C(=O)O)CCC1)Nc1ccc(CC(=O)N2CCc3ccccc32)cc1. The van der Waals surface area contributed by atoms with E-state index in [0.717, 1.165) is 24.1 Å². The average molecular weight is 392 g/mol. The number of carbonyl (C=O) groups is 3. The Balaban J connectivity index is 1.34. The fraction of sp³-hybridized carbons (Fsp3) is 0.348. The highest BCUT2D eigenvalue weighted by atomic mass is 16.4. The Bertz CT molecular complexity index is 948. The molecule has 1 aliphatic heterocycles. The third-order valence-electron chi connectivity index (χ3n) is 6.04. The number of nitrogens with zero attached hydrogens (tertiary/aromatic N) is 1. The van der Waals surface area contributed by atoms with Crippen LogP contribution in [0.1, 0.15) is 36.8 Å². The first-order chi connectivity index (χ1) is 14.0. The summed E-state index contributed by atoms with van der Waals surface area (Å²) in [6.45, 7) is 0.706. The predicted octanol–water partition coefficient (Wildman–Crippen LogP) is 3.40. The summed E-state index contributed by atoms with van der Waals surface area (Å²) in [5.41, 5.74) is 2.77. The lowest BCUT2D eigenvalue weighted by Crippen LogP contribution is -2.41. The number of amides is 2. The van der Waals surface area contributed by atoms with Gasteiger partial charge in [-0.1, -0.05) is 36.8 Å². The summed E-state index contributed by atoms with van der Waals surface area (Å²) in [6, 6.07) is 15.1. The third-order valence-corrected chi connectivity index (χ3v) is 6.04. The molecule has 0 atom stereocenters. The molecule has 0 bridgehead atoms. The van der Waals surface area contributed by atoms with Gasteiger partial charge in [-0.25, -0.2) is 0 Å². The molecule has 0 aromatic heterocycles. The molecule has 0 saturated heterocycles. The van der Waals surface area contributed by atoms with Crippen molar-refractivity contribution in [3.63, 3.8) is 0 Å². The Morgan fingerprint density at radius 1 is 1.03 bits per heavy atom. The van der Waals surface area contributed by atoms with Crippen LogP contribution in [0.4, 0.5) is 11.4 Å². The van der Waals surface area contributed by atoms with E-state index < -0.39 is 11.4 Å². The maximum absolute atomic E-state index is 12.7. The Hall–Kier alpha value is -3.15. The van der Waals surface area contributed by atoms with Gasteiger partial charge in [0.1, 0.15) is 0 Å². The van der Waals surface area contributed by atoms with Crippen LogP contribution >= 0.6 is 0 Å². The van der Waals surface area contributed by atoms with E-state index in [1.54, 1.807) is 12.1 Å². The summed E-state index contributed by atoms with van der Waals surface area (Å²) < 4.78 is 0. The Morgan fingerprint density at radius 2 is 1.76 bits per heavy atom. The summed E-state index contributed by atoms with van der Waals surface area (Å²) in [4.78, 5) is 38.2. The van der Waals surface area contributed by atoms with Crippen molar-refractivity contribution >= 4 is 29.2 Å². The second-order valence-corrected chi connectivity index (χ2v) is 7.96. The van der Waals surface area contributed by atoms with E-state index in [4.69, 9.17) is 0 Å². The van der Waals surface area contributed by atoms with Crippen LogP contribution < -0.4 is 10.2 Å². The van der Waals surface area contributed by atoms with E-state index in [2.05, 4.69) is 11.4 Å². The molecule has 1 heterocycles. The van der Waals surface area contributed by atoms with Gasteiger partial charge in [-0.3, -0.25) is 14.4 Å². The van der Waals surface area contributed by atoms with Crippen molar-refractivity contribution in [2.45, 2.75) is 38.5 Å². The predicted molar refractivity (Wildman–Crippen MR) is 110 cm³/mol. The molecule has 6 heteroatoms. The zero-order valence-corrected chi connectivity index (χ0v) is 16.2. The molecule has 4 rings (SSSR count). The van der Waals surface area contributed by atoms with E-state index in [1.165, 1.54) is 5.56 Å². The topological polar surface area (TPSA) is 86.7 Å². The van der Waals surface area contributed by atoms with E-state index in [9.17, 15) is 19.5 Å². The molecule has 0 radical (unpaired) electrons. The zero-order chi connectivity index (χ0) is 20.4. The van der Waals surface area contributed by atoms with Gasteiger partial charge >= 0.3 is 5.97 Å². The molecule has 2 aromatic carbocycles. The molecule has 1 aliphatic carbocycles. The minimum atomic E-state index is -0.900. The van der Waals surface area contributed by atoms with Gasteiger partial charge in [-0.2, -0.15) is 0 Å². The van der Waals surface area contributed by atoms with Gasteiger partial charge in [0, 0.05) is 24.3 Å². The molecule has 1 fully saturated rings. The highest BCUT2D eigenvalue weighted by molar-refractivity contribution is 5.97. The van der Waals surface area contributed by atoms with Gasteiger partial charge in [0.25, 0.3) is 0 Å². The van der Waals surface area contributed by atoms with Crippen LogP contribution in [0, 0.1) is 5.41 Å². The number of rotatable bonds is 6. The number of carboxylic acids is 1. The number of fused-ring (bicyclic) bond motifs is 1. The van der Waals surface area contributed by atoms with Crippen molar-refractivity contribution in [1.29, 1.82) is 0 Å². The normalized spacial score (nSPS) is 16.6. The number of aliphatic carboxylic acids is 1. The highest BCUT2D eigenvalue weighted by Gasteiger charge is 2.45. The summed E-state index contributed by atoms with van der Waals surface area (Å²) in [5, 5.41) is 12.1. The standard InChI is InChI=1S/C23H24N2O4/c26-20(15-23(22(28)29)11-3-12-23)24-18-8-6-16(7-9-18)14-21(27)25-13-10-17-4-1-2-5-19(17)25/h1-2,4-9H,3,10-15H2,(H,24,26)(H,28,29). The van der Waals surface area contributed by atoms with Crippen molar-refractivity contribution in [3.05, 3.63) is 59.7 Å². The summed E-state index contributed by atoms with van der Waals surface area (Å²) in [7, 11) is 0. The van der Waals surface area contributed by atoms with Crippen LogP contribution in [-0.4, -0.2) is 29.4 Å². The van der Waals surface area contributed by atoms with Crippen LogP contribution in [-0.2, 0) is 27.2 Å². The first-order valence-corrected chi connectivity index (χ1v) is 9.97. The van der Waals surface area contributed by atoms with Gasteiger partial charge in [0.05, 0.1) is 11.8 Å². The van der Waals surface area contributed by atoms with E-state index >= 15 is 0 Å². The number of benzene rings is 2. The van der Waals surface area contributed by atoms with Crippen molar-refractivity contribution in [1.82, 2.24) is 0 Å². The molecular formula is C23H24N2O4. The molecule has 6 nitrogen and oxygen atoms in total. The summed E-state index contributed by atoms with van der Waals surface area (Å²) in [6.07, 6.45) is 3.13. The lowest BCUT2D eigenvalue weighted by Gasteiger charge is -2.36. The molecule has 2 N–H and O–H groups in total. The largest absolute Gasteiger partial charge is 0.481 e. The molecule has 0 unspecified atom stereocenters. The van der Waals surface area contributed by atoms with Gasteiger partial charge in [0.15, 0.2) is 0 Å². The quantitative estimate of drug-likeness (QED) is 0.789. The van der Waals surface area contributed by atoms with Crippen molar-refractivity contribution in [2.75, 3.05) is 16.8 Å². The Kier molecular flexibility index (Phi) is 5.09. The third kappa shape index (κ3) is 3.88. The van der Waals surface area contributed by atoms with Crippen LogP contribution in [0.3, 0.4) is 0 Å². The zero-order valence-electron chi connectivity index (χ0n) is 16.2. The fourth-order valence-corrected chi connectivity index (χ4v) is 4.16. The average Bonchev–Trinajstić information content (AvgIpc) is 3.10. The maximum Gasteiger partial charge on any atom is 0.310 e. The van der Waals surface area contributed by atoms with Gasteiger partial charge < -0.3 is 15.3 Å². The van der Waals surface area contributed by atoms with Crippen LogP contribution in [0.2, 0.25) is 0 Å². The number of anilines is 2. The number of para-hydroxylation sites is 1. The summed E-state index contributed by atoms with van der Waals surface area (Å²) >= 11 is 0. The number of carboxylic acid groups (broad SMARTS) is 1. The molecule has 2 aliphatic rings. The first kappa shape index (κ1) is 19.2. The molecule has 150 valence electrons. The Morgan fingerprint density at radius 3 is 2.41 bits per heavy atom. The minimum Gasteiger partial charge on any atom is -0.481 e. The van der Waals surface area contributed by atoms with Gasteiger partial charge in [-0.05, 0) is 48.6 Å². The molecule has 0 spiro atoms. The molecular weight excluding hydrogens is 368 g/mol. The summed E-state index contributed by atoms with van der Waals surface area (Å²) in [5.74, 6) is -1.12. The number of nitrogens with one attached hydrogen (secondary N) is 1. The molecule has 29 heavy (non-hydrogen) atoms. The van der Waals surface area contributed by atoms with Gasteiger partial charge in [0.2, 0.25) is 11.8 Å².